The molecule has 0 N–H and O–H groups in total. The van der Waals surface area contributed by atoms with Gasteiger partial charge in [0.25, 0.3) is 5.56 Å². The van der Waals surface area contributed by atoms with Crippen LogP contribution in [0.15, 0.2) is 51.0 Å². The van der Waals surface area contributed by atoms with E-state index in [4.69, 9.17) is 0 Å². The highest BCUT2D eigenvalue weighted by atomic mass is 79.9. The quantitative estimate of drug-likeness (QED) is 0.316. The van der Waals surface area contributed by atoms with Crippen LogP contribution in [-0.4, -0.2) is 35.9 Å². The molecule has 30 heavy (non-hydrogen) atoms. The molecule has 0 spiro atoms. The van der Waals surface area contributed by atoms with Gasteiger partial charge < -0.3 is 4.57 Å². The van der Waals surface area contributed by atoms with Gasteiger partial charge in [-0.15, -0.1) is 11.8 Å². The van der Waals surface area contributed by atoms with Crippen molar-refractivity contribution in [1.82, 2.24) is 23.9 Å². The summed E-state index contributed by atoms with van der Waals surface area (Å²) in [6, 6.07) is 10.1. The number of fused-ring (bicyclic) bond motifs is 1. The van der Waals surface area contributed by atoms with Crippen LogP contribution in [0.25, 0.3) is 16.7 Å². The topological polar surface area (TPSA) is 74.7 Å². The zero-order chi connectivity index (χ0) is 21.6. The molecule has 1 aromatic carbocycles. The van der Waals surface area contributed by atoms with Gasteiger partial charge in [-0.05, 0) is 60.3 Å². The van der Waals surface area contributed by atoms with Crippen molar-refractivity contribution in [3.8, 4) is 5.69 Å². The first-order valence-electron chi connectivity index (χ1n) is 9.26. The highest BCUT2D eigenvalue weighted by Crippen LogP contribution is 2.25. The number of hydrogen-bond acceptors (Lipinski definition) is 5. The second-order valence-electron chi connectivity index (χ2n) is 7.04. The molecular weight excluding hydrogens is 466 g/mol. The van der Waals surface area contributed by atoms with E-state index in [1.54, 1.807) is 18.8 Å². The molecule has 0 saturated heterocycles. The number of rotatable bonds is 5. The van der Waals surface area contributed by atoms with Gasteiger partial charge in [-0.1, -0.05) is 6.07 Å². The summed E-state index contributed by atoms with van der Waals surface area (Å²) in [5, 5.41) is 4.54. The number of Topliss-reactive ketones (excluding diaryl/α,β-unsaturated/α-hetero) is 1. The lowest BCUT2D eigenvalue weighted by Gasteiger charge is -2.11. The Morgan fingerprint density at radius 1 is 1.23 bits per heavy atom. The van der Waals surface area contributed by atoms with Crippen molar-refractivity contribution in [3.63, 3.8) is 0 Å². The fourth-order valence-corrected chi connectivity index (χ4v) is 4.72. The Morgan fingerprint density at radius 2 is 2.00 bits per heavy atom. The fraction of sp³-hybridized carbons (Fsp3) is 0.238. The molecule has 0 bridgehead atoms. The molecule has 4 aromatic rings. The molecule has 0 unspecified atom stereocenters. The van der Waals surface area contributed by atoms with E-state index in [0.29, 0.717) is 21.2 Å². The molecule has 3 aromatic heterocycles. The molecule has 4 rings (SSSR count). The lowest BCUT2D eigenvalue weighted by molar-refractivity contribution is 0.0970. The number of halogens is 1. The molecule has 0 atom stereocenters. The van der Waals surface area contributed by atoms with Gasteiger partial charge in [0.1, 0.15) is 16.3 Å². The Kier molecular flexibility index (Phi) is 5.42. The van der Waals surface area contributed by atoms with Crippen LogP contribution in [0.3, 0.4) is 0 Å². The lowest BCUT2D eigenvalue weighted by atomic mass is 10.1. The van der Waals surface area contributed by atoms with Crippen molar-refractivity contribution < 1.29 is 4.79 Å². The molecule has 0 saturated carbocycles. The zero-order valence-electron chi connectivity index (χ0n) is 17.0. The second-order valence-corrected chi connectivity index (χ2v) is 8.67. The number of carbonyl (C=O) groups is 1. The molecule has 0 aliphatic carbocycles. The number of aromatic nitrogens is 5. The minimum atomic E-state index is -0.296. The maximum atomic E-state index is 13.1. The van der Waals surface area contributed by atoms with Crippen molar-refractivity contribution in [3.05, 3.63) is 68.6 Å². The average Bonchev–Trinajstić information content (AvgIpc) is 3.19. The van der Waals surface area contributed by atoms with Gasteiger partial charge in [0.05, 0.1) is 6.54 Å². The van der Waals surface area contributed by atoms with Crippen LogP contribution in [-0.2, 0) is 13.6 Å². The number of nitrogens with zero attached hydrogens (tertiary/aromatic N) is 5. The first-order valence-corrected chi connectivity index (χ1v) is 11.3. The molecule has 0 amide bonds. The van der Waals surface area contributed by atoms with E-state index in [1.165, 1.54) is 15.6 Å². The number of ketones is 1. The minimum Gasteiger partial charge on any atom is -0.318 e. The number of carbonyl (C=O) groups excluding carboxylic acids is 1. The zero-order valence-corrected chi connectivity index (χ0v) is 19.4. The van der Waals surface area contributed by atoms with Crippen molar-refractivity contribution in [2.45, 2.75) is 25.3 Å². The summed E-state index contributed by atoms with van der Waals surface area (Å²) in [7, 11) is 1.72. The van der Waals surface area contributed by atoms with E-state index >= 15 is 0 Å². The third-order valence-corrected chi connectivity index (χ3v) is 6.41. The normalized spacial score (nSPS) is 11.4. The van der Waals surface area contributed by atoms with E-state index < -0.39 is 0 Å². The van der Waals surface area contributed by atoms with Gasteiger partial charge in [-0.2, -0.15) is 5.10 Å². The van der Waals surface area contributed by atoms with Gasteiger partial charge in [0, 0.05) is 34.6 Å². The second kappa shape index (κ2) is 7.88. The summed E-state index contributed by atoms with van der Waals surface area (Å²) in [5.41, 5.74) is 3.59. The van der Waals surface area contributed by atoms with Gasteiger partial charge >= 0.3 is 0 Å². The van der Waals surface area contributed by atoms with Crippen molar-refractivity contribution in [2.24, 2.45) is 7.05 Å². The number of hydrogen-bond donors (Lipinski definition) is 0. The standard InChI is InChI=1S/C21H20BrN5O2S/c1-12-8-16(13(2)27(12)14-6-5-7-15(9-14)30-4)17(28)10-26-11-23-20-18(21(26)29)19(22)24-25(20)3/h5-9,11H,10H2,1-4H3. The van der Waals surface area contributed by atoms with Gasteiger partial charge in [0.2, 0.25) is 0 Å². The summed E-state index contributed by atoms with van der Waals surface area (Å²) < 4.78 is 5.35. The molecule has 0 fully saturated rings. The molecule has 154 valence electrons. The Morgan fingerprint density at radius 3 is 2.73 bits per heavy atom. The van der Waals surface area contributed by atoms with E-state index in [9.17, 15) is 9.59 Å². The largest absolute Gasteiger partial charge is 0.318 e. The highest BCUT2D eigenvalue weighted by molar-refractivity contribution is 9.10. The van der Waals surface area contributed by atoms with E-state index in [-0.39, 0.29) is 17.9 Å². The number of thioether (sulfide) groups is 1. The Balaban J connectivity index is 1.71. The first-order chi connectivity index (χ1) is 14.3. The summed E-state index contributed by atoms with van der Waals surface area (Å²) >= 11 is 4.97. The molecule has 0 radical (unpaired) electrons. The van der Waals surface area contributed by atoms with Crippen LogP contribution in [0.2, 0.25) is 0 Å². The van der Waals surface area contributed by atoms with Crippen molar-refractivity contribution in [1.29, 1.82) is 0 Å². The number of aryl methyl sites for hydroxylation is 2. The first kappa shape index (κ1) is 20.6. The van der Waals surface area contributed by atoms with Crippen LogP contribution in [0, 0.1) is 13.8 Å². The predicted molar refractivity (Wildman–Crippen MR) is 122 cm³/mol. The van der Waals surface area contributed by atoms with Crippen LogP contribution in [0.4, 0.5) is 0 Å². The van der Waals surface area contributed by atoms with Crippen LogP contribution in [0.5, 0.6) is 0 Å². The molecule has 7 nitrogen and oxygen atoms in total. The number of benzene rings is 1. The summed E-state index contributed by atoms with van der Waals surface area (Å²) in [5.74, 6) is -0.140. The molecule has 9 heteroatoms. The average molecular weight is 486 g/mol. The molecule has 3 heterocycles. The highest BCUT2D eigenvalue weighted by Gasteiger charge is 2.19. The van der Waals surface area contributed by atoms with Crippen LogP contribution >= 0.6 is 27.7 Å². The monoisotopic (exact) mass is 485 g/mol. The van der Waals surface area contributed by atoms with E-state index in [1.807, 2.05) is 38.3 Å². The predicted octanol–water partition coefficient (Wildman–Crippen LogP) is 3.90. The van der Waals surface area contributed by atoms with Gasteiger partial charge in [-0.3, -0.25) is 14.2 Å². The smallest absolute Gasteiger partial charge is 0.266 e. The Hall–Kier alpha value is -2.65. The summed E-state index contributed by atoms with van der Waals surface area (Å²) in [4.78, 5) is 31.4. The SMILES string of the molecule is CSc1cccc(-n2c(C)cc(C(=O)Cn3cnc4c(c(Br)nn4C)c3=O)c2C)c1. The molecule has 0 aliphatic rings. The van der Waals surface area contributed by atoms with E-state index in [0.717, 1.165) is 22.0 Å². The maximum Gasteiger partial charge on any atom is 0.266 e. The molecule has 0 aliphatic heterocycles. The minimum absolute atomic E-state index is 0.0851. The van der Waals surface area contributed by atoms with Crippen molar-refractivity contribution in [2.75, 3.05) is 6.26 Å². The Labute approximate surface area is 185 Å². The summed E-state index contributed by atoms with van der Waals surface area (Å²) in [6.45, 7) is 3.81. The van der Waals surface area contributed by atoms with Gasteiger partial charge in [-0.25, -0.2) is 9.67 Å². The maximum absolute atomic E-state index is 13.1. The fourth-order valence-electron chi connectivity index (χ4n) is 3.68. The molecular formula is C21H20BrN5O2S. The third kappa shape index (κ3) is 3.41. The van der Waals surface area contributed by atoms with Crippen LogP contribution < -0.4 is 5.56 Å². The van der Waals surface area contributed by atoms with Crippen LogP contribution in [0.1, 0.15) is 21.7 Å². The Bertz CT molecular complexity index is 1350. The summed E-state index contributed by atoms with van der Waals surface area (Å²) in [6.07, 6.45) is 3.43. The van der Waals surface area contributed by atoms with Crippen molar-refractivity contribution >= 4 is 44.5 Å². The van der Waals surface area contributed by atoms with E-state index in [2.05, 4.69) is 42.7 Å². The third-order valence-electron chi connectivity index (χ3n) is 5.13. The van der Waals surface area contributed by atoms with Gasteiger partial charge in [0.15, 0.2) is 11.4 Å². The lowest BCUT2D eigenvalue weighted by Crippen LogP contribution is -2.25.